The van der Waals surface area contributed by atoms with Gasteiger partial charge >= 0.3 is 0 Å². The number of carbonyl (C=O) groups is 2. The van der Waals surface area contributed by atoms with E-state index in [1.165, 1.54) is 17.0 Å². The molecular weight excluding hydrogens is 417 g/mol. The minimum atomic E-state index is -0.704. The summed E-state index contributed by atoms with van der Waals surface area (Å²) in [5.74, 6) is -0.535. The third kappa shape index (κ3) is 3.55. The molecule has 0 radical (unpaired) electrons. The van der Waals surface area contributed by atoms with Crippen LogP contribution in [0.15, 0.2) is 40.9 Å². The van der Waals surface area contributed by atoms with Gasteiger partial charge in [-0.1, -0.05) is 51.3 Å². The third-order valence-corrected chi connectivity index (χ3v) is 4.58. The highest BCUT2D eigenvalue weighted by atomic mass is 79.9. The Labute approximate surface area is 157 Å². The molecule has 1 fully saturated rings. The second kappa shape index (κ2) is 7.09. The number of pyridine rings is 1. The van der Waals surface area contributed by atoms with Crippen molar-refractivity contribution in [1.82, 2.24) is 15.2 Å². The highest BCUT2D eigenvalue weighted by Crippen LogP contribution is 2.27. The van der Waals surface area contributed by atoms with E-state index in [4.69, 9.17) is 23.2 Å². The highest BCUT2D eigenvalue weighted by Gasteiger charge is 2.35. The summed E-state index contributed by atoms with van der Waals surface area (Å²) in [7, 11) is 0. The number of hydrogen-bond donors (Lipinski definition) is 1. The molecule has 1 aromatic carbocycles. The predicted molar refractivity (Wildman–Crippen MR) is 95.2 cm³/mol. The van der Waals surface area contributed by atoms with E-state index in [0.717, 1.165) is 10.0 Å². The molecule has 2 heterocycles. The van der Waals surface area contributed by atoms with Gasteiger partial charge in [0.15, 0.2) is 0 Å². The molecule has 2 aromatic rings. The number of aromatic nitrogens is 1. The second-order valence-corrected chi connectivity index (χ2v) is 6.94. The number of nitrogens with one attached hydrogen (secondary N) is 1. The quantitative estimate of drug-likeness (QED) is 0.745. The maximum atomic E-state index is 12.9. The molecule has 0 aliphatic carbocycles. The van der Waals surface area contributed by atoms with Gasteiger partial charge in [0.2, 0.25) is 5.91 Å². The van der Waals surface area contributed by atoms with Crippen molar-refractivity contribution >= 4 is 50.9 Å². The summed E-state index contributed by atoms with van der Waals surface area (Å²) in [6, 6.07) is 9.48. The number of benzene rings is 1. The summed E-state index contributed by atoms with van der Waals surface area (Å²) in [5, 5.41) is 3.06. The summed E-state index contributed by atoms with van der Waals surface area (Å²) in [6.07, 6.45) is 0. The Hall–Kier alpha value is -1.63. The molecule has 0 saturated carbocycles. The molecule has 1 unspecified atom stereocenters. The van der Waals surface area contributed by atoms with E-state index >= 15 is 0 Å². The van der Waals surface area contributed by atoms with Gasteiger partial charge in [0, 0.05) is 23.1 Å². The van der Waals surface area contributed by atoms with Crippen molar-refractivity contribution < 1.29 is 9.59 Å². The molecule has 24 heavy (non-hydrogen) atoms. The normalized spacial score (nSPS) is 17.5. The van der Waals surface area contributed by atoms with Crippen molar-refractivity contribution in [2.75, 3.05) is 13.1 Å². The van der Waals surface area contributed by atoms with Crippen molar-refractivity contribution in [3.8, 4) is 0 Å². The smallest absolute Gasteiger partial charge is 0.255 e. The molecule has 8 heteroatoms. The molecule has 124 valence electrons. The van der Waals surface area contributed by atoms with Crippen molar-refractivity contribution in [3.05, 3.63) is 62.3 Å². The Morgan fingerprint density at radius 3 is 2.46 bits per heavy atom. The van der Waals surface area contributed by atoms with Crippen molar-refractivity contribution in [3.63, 3.8) is 0 Å². The van der Waals surface area contributed by atoms with Crippen LogP contribution < -0.4 is 5.32 Å². The van der Waals surface area contributed by atoms with Gasteiger partial charge in [0.05, 0.1) is 0 Å². The Kier molecular flexibility index (Phi) is 5.08. The van der Waals surface area contributed by atoms with Crippen molar-refractivity contribution in [2.24, 2.45) is 0 Å². The van der Waals surface area contributed by atoms with Gasteiger partial charge in [0.1, 0.15) is 16.3 Å². The molecule has 1 saturated heterocycles. The topological polar surface area (TPSA) is 62.3 Å². The lowest BCUT2D eigenvalue weighted by atomic mass is 10.0. The molecule has 0 spiro atoms. The monoisotopic (exact) mass is 427 g/mol. The van der Waals surface area contributed by atoms with Gasteiger partial charge in [-0.25, -0.2) is 4.98 Å². The first kappa shape index (κ1) is 17.2. The van der Waals surface area contributed by atoms with Crippen molar-refractivity contribution in [1.29, 1.82) is 0 Å². The van der Waals surface area contributed by atoms with E-state index in [0.29, 0.717) is 18.7 Å². The fraction of sp³-hybridized carbons (Fsp3) is 0.188. The highest BCUT2D eigenvalue weighted by molar-refractivity contribution is 9.10. The maximum Gasteiger partial charge on any atom is 0.255 e. The minimum absolute atomic E-state index is 0.132. The van der Waals surface area contributed by atoms with E-state index in [-0.39, 0.29) is 22.1 Å². The first-order valence-corrected chi connectivity index (χ1v) is 8.68. The fourth-order valence-corrected chi connectivity index (χ4v) is 3.34. The van der Waals surface area contributed by atoms with Crippen LogP contribution in [0.25, 0.3) is 0 Å². The number of hydrogen-bond acceptors (Lipinski definition) is 3. The van der Waals surface area contributed by atoms with E-state index in [1.54, 1.807) is 0 Å². The average molecular weight is 429 g/mol. The van der Waals surface area contributed by atoms with Crippen LogP contribution in [0.2, 0.25) is 10.3 Å². The first-order chi connectivity index (χ1) is 11.5. The molecule has 0 bridgehead atoms. The maximum absolute atomic E-state index is 12.9. The van der Waals surface area contributed by atoms with Gasteiger partial charge in [-0.3, -0.25) is 9.59 Å². The third-order valence-electron chi connectivity index (χ3n) is 3.67. The number of piperazine rings is 1. The lowest BCUT2D eigenvalue weighted by Gasteiger charge is -2.35. The van der Waals surface area contributed by atoms with Crippen LogP contribution in [0.5, 0.6) is 0 Å². The molecule has 1 N–H and O–H groups in total. The minimum Gasteiger partial charge on any atom is -0.352 e. The number of halogens is 3. The number of amides is 2. The standard InChI is InChI=1S/C16H12BrCl2N3O2/c17-11-3-1-9(2-4-11)14-15(23)20-5-6-22(14)16(24)10-7-12(18)21-13(19)8-10/h1-4,7-8,14H,5-6H2,(H,20,23). The molecule has 5 nitrogen and oxygen atoms in total. The van der Waals surface area contributed by atoms with Gasteiger partial charge in [-0.05, 0) is 29.8 Å². The van der Waals surface area contributed by atoms with Gasteiger partial charge in [0.25, 0.3) is 5.91 Å². The SMILES string of the molecule is O=C1NCCN(C(=O)c2cc(Cl)nc(Cl)c2)C1c1ccc(Br)cc1. The van der Waals surface area contributed by atoms with Gasteiger partial charge in [-0.15, -0.1) is 0 Å². The molecule has 1 aliphatic heterocycles. The molecule has 1 atom stereocenters. The first-order valence-electron chi connectivity index (χ1n) is 7.13. The fourth-order valence-electron chi connectivity index (χ4n) is 2.62. The molecule has 1 aliphatic rings. The average Bonchev–Trinajstić information content (AvgIpc) is 2.54. The zero-order chi connectivity index (χ0) is 17.3. The van der Waals surface area contributed by atoms with Crippen LogP contribution in [0.1, 0.15) is 22.0 Å². The van der Waals surface area contributed by atoms with E-state index in [9.17, 15) is 9.59 Å². The molecule has 2 amide bonds. The summed E-state index contributed by atoms with van der Waals surface area (Å²) in [4.78, 5) is 30.6. The van der Waals surface area contributed by atoms with Crippen LogP contribution in [0.4, 0.5) is 0 Å². The van der Waals surface area contributed by atoms with E-state index < -0.39 is 6.04 Å². The summed E-state index contributed by atoms with van der Waals surface area (Å²) >= 11 is 15.1. The summed E-state index contributed by atoms with van der Waals surface area (Å²) in [6.45, 7) is 0.785. The summed E-state index contributed by atoms with van der Waals surface area (Å²) in [5.41, 5.74) is 1.03. The van der Waals surface area contributed by atoms with Crippen LogP contribution in [0, 0.1) is 0 Å². The van der Waals surface area contributed by atoms with Crippen LogP contribution >= 0.6 is 39.1 Å². The van der Waals surface area contributed by atoms with Gasteiger partial charge in [-0.2, -0.15) is 0 Å². The zero-order valence-corrected chi connectivity index (χ0v) is 15.4. The summed E-state index contributed by atoms with van der Waals surface area (Å²) < 4.78 is 0.896. The van der Waals surface area contributed by atoms with Crippen molar-refractivity contribution in [2.45, 2.75) is 6.04 Å². The Balaban J connectivity index is 1.98. The van der Waals surface area contributed by atoms with Crippen LogP contribution in [-0.2, 0) is 4.79 Å². The number of rotatable bonds is 2. The van der Waals surface area contributed by atoms with Crippen LogP contribution in [-0.4, -0.2) is 34.8 Å². The predicted octanol–water partition coefficient (Wildman–Crippen LogP) is 3.46. The molecular formula is C16H12BrCl2N3O2. The molecule has 3 rings (SSSR count). The lowest BCUT2D eigenvalue weighted by molar-refractivity contribution is -0.128. The number of carbonyl (C=O) groups excluding carboxylic acids is 2. The largest absolute Gasteiger partial charge is 0.352 e. The molecule has 1 aromatic heterocycles. The zero-order valence-electron chi connectivity index (χ0n) is 12.3. The lowest BCUT2D eigenvalue weighted by Crippen LogP contribution is -2.52. The number of nitrogens with zero attached hydrogens (tertiary/aromatic N) is 2. The second-order valence-electron chi connectivity index (χ2n) is 5.24. The Morgan fingerprint density at radius 1 is 1.21 bits per heavy atom. The van der Waals surface area contributed by atoms with Gasteiger partial charge < -0.3 is 10.2 Å². The van der Waals surface area contributed by atoms with E-state index in [1.807, 2.05) is 24.3 Å². The Morgan fingerprint density at radius 2 is 1.83 bits per heavy atom. The van der Waals surface area contributed by atoms with E-state index in [2.05, 4.69) is 26.2 Å². The van der Waals surface area contributed by atoms with Crippen LogP contribution in [0.3, 0.4) is 0 Å². The Bertz CT molecular complexity index is 778.